The number of rotatable bonds is 10. The molecule has 0 fully saturated rings. The van der Waals surface area contributed by atoms with Crippen LogP contribution in [0, 0.1) is 5.82 Å². The Labute approximate surface area is 215 Å². The van der Waals surface area contributed by atoms with Crippen LogP contribution in [0.1, 0.15) is 26.3 Å². The minimum Gasteiger partial charge on any atom is -0.352 e. The number of benzene rings is 2. The first-order valence-electron chi connectivity index (χ1n) is 10.7. The Bertz CT molecular complexity index is 1160. The molecule has 0 radical (unpaired) electrons. The molecular weight excluding hydrogens is 518 g/mol. The third-order valence-electron chi connectivity index (χ3n) is 5.13. The Morgan fingerprint density at radius 3 is 2.09 bits per heavy atom. The maximum Gasteiger partial charge on any atom is 0.304 e. The second-order valence-electron chi connectivity index (χ2n) is 8.31. The number of para-hydroxylation sites is 1. The Balaban J connectivity index is 2.53. The third-order valence-corrected chi connectivity index (χ3v) is 7.64. The van der Waals surface area contributed by atoms with Gasteiger partial charge in [-0.3, -0.25) is 9.59 Å². The highest BCUT2D eigenvalue weighted by atomic mass is 35.5. The molecule has 0 heterocycles. The highest BCUT2D eigenvalue weighted by molar-refractivity contribution is 7.90. The van der Waals surface area contributed by atoms with Crippen molar-refractivity contribution in [2.45, 2.75) is 39.4 Å². The zero-order chi connectivity index (χ0) is 26.5. The molecule has 192 valence electrons. The van der Waals surface area contributed by atoms with E-state index < -0.39 is 40.4 Å². The van der Waals surface area contributed by atoms with Gasteiger partial charge in [-0.25, -0.2) is 8.70 Å². The van der Waals surface area contributed by atoms with Crippen LogP contribution in [-0.4, -0.2) is 62.2 Å². The minimum atomic E-state index is -4.27. The Morgan fingerprint density at radius 2 is 1.57 bits per heavy atom. The summed E-state index contributed by atoms with van der Waals surface area (Å²) < 4.78 is 42.3. The third kappa shape index (κ3) is 7.07. The molecule has 12 heteroatoms. The molecule has 0 saturated carbocycles. The van der Waals surface area contributed by atoms with Crippen LogP contribution in [0.4, 0.5) is 10.1 Å². The molecule has 0 aromatic heterocycles. The summed E-state index contributed by atoms with van der Waals surface area (Å²) in [4.78, 5) is 27.6. The molecule has 0 spiro atoms. The van der Waals surface area contributed by atoms with Gasteiger partial charge in [-0.2, -0.15) is 12.7 Å². The number of hydrogen-bond donors (Lipinski definition) is 1. The van der Waals surface area contributed by atoms with Crippen molar-refractivity contribution in [3.8, 4) is 0 Å². The number of nitrogens with one attached hydrogen (secondary N) is 1. The first kappa shape index (κ1) is 28.8. The predicted octanol–water partition coefficient (Wildman–Crippen LogP) is 3.69. The molecule has 0 aliphatic rings. The lowest BCUT2D eigenvalue weighted by molar-refractivity contribution is -0.139. The molecule has 0 saturated heterocycles. The van der Waals surface area contributed by atoms with Gasteiger partial charge in [0.05, 0.1) is 5.69 Å². The van der Waals surface area contributed by atoms with Crippen molar-refractivity contribution >= 4 is 50.9 Å². The first-order valence-corrected chi connectivity index (χ1v) is 12.9. The van der Waals surface area contributed by atoms with Crippen LogP contribution < -0.4 is 9.62 Å². The van der Waals surface area contributed by atoms with E-state index in [1.165, 1.54) is 44.1 Å². The van der Waals surface area contributed by atoms with E-state index in [9.17, 15) is 22.4 Å². The predicted molar refractivity (Wildman–Crippen MR) is 136 cm³/mol. The Kier molecular flexibility index (Phi) is 9.91. The zero-order valence-electron chi connectivity index (χ0n) is 20.1. The molecule has 1 atom stereocenters. The molecule has 2 amide bonds. The van der Waals surface area contributed by atoms with Gasteiger partial charge in [0.2, 0.25) is 11.8 Å². The standard InChI is InChI=1S/C23H29Cl2FN4O4S/c1-15(2)27-23(32)16(3)29(13-17-18(24)9-8-10-19(17)25)22(31)14-30(35(33,34)28(4)5)21-12-7-6-11-20(21)26/h6-12,15-16H,13-14H2,1-5H3,(H,27,32)/t16-/m1/s1. The smallest absolute Gasteiger partial charge is 0.304 e. The molecule has 0 bridgehead atoms. The average Bonchev–Trinajstić information content (AvgIpc) is 2.76. The van der Waals surface area contributed by atoms with Crippen molar-refractivity contribution in [3.05, 3.63) is 63.9 Å². The summed E-state index contributed by atoms with van der Waals surface area (Å²) in [5, 5.41) is 3.29. The van der Waals surface area contributed by atoms with Crippen molar-refractivity contribution in [3.63, 3.8) is 0 Å². The van der Waals surface area contributed by atoms with Crippen LogP contribution in [0.5, 0.6) is 0 Å². The molecule has 8 nitrogen and oxygen atoms in total. The number of hydrogen-bond acceptors (Lipinski definition) is 4. The topological polar surface area (TPSA) is 90.0 Å². The van der Waals surface area contributed by atoms with Crippen LogP contribution in [-0.2, 0) is 26.3 Å². The molecule has 0 aliphatic carbocycles. The quantitative estimate of drug-likeness (QED) is 0.492. The molecule has 35 heavy (non-hydrogen) atoms. The fraction of sp³-hybridized carbons (Fsp3) is 0.391. The maximum atomic E-state index is 14.6. The highest BCUT2D eigenvalue weighted by Gasteiger charge is 2.34. The number of carbonyl (C=O) groups excluding carboxylic acids is 2. The monoisotopic (exact) mass is 546 g/mol. The van der Waals surface area contributed by atoms with Crippen LogP contribution in [0.25, 0.3) is 0 Å². The lowest BCUT2D eigenvalue weighted by atomic mass is 10.1. The maximum absolute atomic E-state index is 14.6. The fourth-order valence-electron chi connectivity index (χ4n) is 3.20. The molecule has 0 aliphatic heterocycles. The van der Waals surface area contributed by atoms with E-state index >= 15 is 0 Å². The van der Waals surface area contributed by atoms with Gasteiger partial charge in [-0.05, 0) is 45.0 Å². The Morgan fingerprint density at radius 1 is 1.00 bits per heavy atom. The van der Waals surface area contributed by atoms with E-state index in [1.807, 2.05) is 0 Å². The fourth-order valence-corrected chi connectivity index (χ4v) is 4.78. The van der Waals surface area contributed by atoms with Gasteiger partial charge in [0.15, 0.2) is 0 Å². The summed E-state index contributed by atoms with van der Waals surface area (Å²) >= 11 is 12.6. The van der Waals surface area contributed by atoms with Gasteiger partial charge in [0.25, 0.3) is 0 Å². The SMILES string of the molecule is CC(C)NC(=O)[C@@H](C)N(Cc1c(Cl)cccc1Cl)C(=O)CN(c1ccccc1F)S(=O)(=O)N(C)C. The van der Waals surface area contributed by atoms with Gasteiger partial charge in [0, 0.05) is 42.3 Å². The number of anilines is 1. The summed E-state index contributed by atoms with van der Waals surface area (Å²) in [6, 6.07) is 8.83. The molecular formula is C23H29Cl2FN4O4S. The molecule has 0 unspecified atom stereocenters. The van der Waals surface area contributed by atoms with Crippen LogP contribution in [0.3, 0.4) is 0 Å². The summed E-state index contributed by atoms with van der Waals surface area (Å²) in [6.07, 6.45) is 0. The van der Waals surface area contributed by atoms with Crippen molar-refractivity contribution in [2.75, 3.05) is 24.9 Å². The van der Waals surface area contributed by atoms with Gasteiger partial charge in [-0.15, -0.1) is 0 Å². The van der Waals surface area contributed by atoms with E-state index in [0.717, 1.165) is 10.4 Å². The van der Waals surface area contributed by atoms with E-state index in [4.69, 9.17) is 23.2 Å². The zero-order valence-corrected chi connectivity index (χ0v) is 22.5. The highest BCUT2D eigenvalue weighted by Crippen LogP contribution is 2.28. The van der Waals surface area contributed by atoms with E-state index in [1.54, 1.807) is 32.0 Å². The summed E-state index contributed by atoms with van der Waals surface area (Å²) in [5.74, 6) is -2.03. The van der Waals surface area contributed by atoms with Crippen LogP contribution >= 0.6 is 23.2 Å². The number of halogens is 3. The van der Waals surface area contributed by atoms with E-state index in [-0.39, 0.29) is 28.3 Å². The lowest BCUT2D eigenvalue weighted by Gasteiger charge is -2.33. The lowest BCUT2D eigenvalue weighted by Crippen LogP contribution is -2.53. The van der Waals surface area contributed by atoms with E-state index in [0.29, 0.717) is 9.87 Å². The van der Waals surface area contributed by atoms with Gasteiger partial charge in [0.1, 0.15) is 18.4 Å². The molecule has 2 aromatic rings. The second kappa shape index (κ2) is 12.0. The normalized spacial score (nSPS) is 12.5. The number of carbonyl (C=O) groups is 2. The number of amides is 2. The minimum absolute atomic E-state index is 0.169. The van der Waals surface area contributed by atoms with Crippen molar-refractivity contribution in [1.29, 1.82) is 0 Å². The molecule has 2 rings (SSSR count). The first-order chi connectivity index (χ1) is 16.3. The molecule has 1 N–H and O–H groups in total. The van der Waals surface area contributed by atoms with Gasteiger partial charge >= 0.3 is 10.2 Å². The second-order valence-corrected chi connectivity index (χ2v) is 11.2. The summed E-state index contributed by atoms with van der Waals surface area (Å²) in [5.41, 5.74) is 0.0887. The van der Waals surface area contributed by atoms with Gasteiger partial charge in [-0.1, -0.05) is 41.4 Å². The van der Waals surface area contributed by atoms with Crippen LogP contribution in [0.2, 0.25) is 10.0 Å². The van der Waals surface area contributed by atoms with Crippen molar-refractivity contribution in [2.24, 2.45) is 0 Å². The Hall–Kier alpha value is -2.40. The van der Waals surface area contributed by atoms with Crippen LogP contribution in [0.15, 0.2) is 42.5 Å². The van der Waals surface area contributed by atoms with Crippen molar-refractivity contribution in [1.82, 2.24) is 14.5 Å². The van der Waals surface area contributed by atoms with Crippen molar-refractivity contribution < 1.29 is 22.4 Å². The van der Waals surface area contributed by atoms with Gasteiger partial charge < -0.3 is 10.2 Å². The largest absolute Gasteiger partial charge is 0.352 e. The summed E-state index contributed by atoms with van der Waals surface area (Å²) in [7, 11) is -1.73. The average molecular weight is 547 g/mol. The van der Waals surface area contributed by atoms with E-state index in [2.05, 4.69) is 5.32 Å². The number of nitrogens with zero attached hydrogens (tertiary/aromatic N) is 3. The molecule has 2 aromatic carbocycles. The summed E-state index contributed by atoms with van der Waals surface area (Å²) in [6.45, 7) is 4.12.